The van der Waals surface area contributed by atoms with Crippen molar-refractivity contribution in [2.24, 2.45) is 0 Å². The molecular weight excluding hydrogens is 640 g/mol. The van der Waals surface area contributed by atoms with Gasteiger partial charge in [-0.15, -0.1) is 0 Å². The molecule has 3 N–H and O–H groups in total. The highest BCUT2D eigenvalue weighted by Gasteiger charge is 2.36. The third-order valence-electron chi connectivity index (χ3n) is 10.6. The fourth-order valence-electron chi connectivity index (χ4n) is 7.73. The maximum atomic E-state index is 12.4. The smallest absolute Gasteiger partial charge is 0.220 e. The van der Waals surface area contributed by atoms with Gasteiger partial charge in [-0.2, -0.15) is 0 Å². The summed E-state index contributed by atoms with van der Waals surface area (Å²) < 4.78 is 13.4. The lowest BCUT2D eigenvalue weighted by Crippen LogP contribution is -2.45. The molecule has 3 aromatic rings. The second-order valence-electron chi connectivity index (χ2n) is 14.5. The van der Waals surface area contributed by atoms with Crippen LogP contribution in [0.25, 0.3) is 11.1 Å². The number of ether oxygens (including phenoxy) is 2. The summed E-state index contributed by atoms with van der Waals surface area (Å²) in [7, 11) is 0. The van der Waals surface area contributed by atoms with Gasteiger partial charge in [0.15, 0.2) is 6.29 Å². The summed E-state index contributed by atoms with van der Waals surface area (Å²) in [5, 5.41) is 15.4. The fourth-order valence-corrected chi connectivity index (χ4v) is 7.73. The Morgan fingerprint density at radius 2 is 1.59 bits per heavy atom. The highest BCUT2D eigenvalue weighted by atomic mass is 16.7. The van der Waals surface area contributed by atoms with Crippen LogP contribution in [-0.2, 0) is 32.2 Å². The van der Waals surface area contributed by atoms with Gasteiger partial charge < -0.3 is 30.1 Å². The standard InChI is InChI=1S/C42H56N4O5/c1-31(48)43-21-4-2-3-12-41(49)44-27-33-9-7-10-37(25-33)34-17-19-36(20-18-34)42-50-39(26-40(51-42)35-15-13-32(30-47)14-16-35)29-46-24-8-11-38(46)28-45-22-5-6-23-45/h7,9-10,13-20,25,38-40,42,47H,2-6,8,11-12,21-24,26-30H2,1H3,(H,43,48)(H,44,49). The van der Waals surface area contributed by atoms with Crippen LogP contribution in [0, 0.1) is 0 Å². The molecule has 3 saturated heterocycles. The molecule has 3 heterocycles. The molecule has 3 aliphatic rings. The molecule has 51 heavy (non-hydrogen) atoms. The van der Waals surface area contributed by atoms with Crippen LogP contribution in [0.4, 0.5) is 0 Å². The van der Waals surface area contributed by atoms with E-state index < -0.39 is 6.29 Å². The Balaban J connectivity index is 1.07. The summed E-state index contributed by atoms with van der Waals surface area (Å²) in [6.07, 6.45) is 8.48. The number of hydrogen-bond acceptors (Lipinski definition) is 7. The molecule has 3 fully saturated rings. The number of aliphatic hydroxyl groups excluding tert-OH is 1. The summed E-state index contributed by atoms with van der Waals surface area (Å²) in [5.74, 6) is 0.0289. The van der Waals surface area contributed by atoms with Crippen molar-refractivity contribution in [3.63, 3.8) is 0 Å². The zero-order valence-electron chi connectivity index (χ0n) is 30.2. The van der Waals surface area contributed by atoms with E-state index in [1.165, 1.54) is 45.7 Å². The van der Waals surface area contributed by atoms with Gasteiger partial charge in [0, 0.05) is 57.5 Å². The molecule has 274 valence electrons. The van der Waals surface area contributed by atoms with Gasteiger partial charge in [-0.1, -0.05) is 73.2 Å². The normalized spacial score (nSPS) is 22.6. The van der Waals surface area contributed by atoms with E-state index in [0.717, 1.165) is 78.7 Å². The fraction of sp³-hybridized carbons (Fsp3) is 0.524. The lowest BCUT2D eigenvalue weighted by molar-refractivity contribution is -0.253. The Morgan fingerprint density at radius 3 is 2.35 bits per heavy atom. The number of carbonyl (C=O) groups is 2. The predicted molar refractivity (Wildman–Crippen MR) is 200 cm³/mol. The van der Waals surface area contributed by atoms with Crippen molar-refractivity contribution in [2.45, 2.75) is 102 Å². The molecule has 9 nitrogen and oxygen atoms in total. The van der Waals surface area contributed by atoms with Gasteiger partial charge in [0.1, 0.15) is 0 Å². The molecule has 2 amide bonds. The van der Waals surface area contributed by atoms with Crippen molar-refractivity contribution < 1.29 is 24.2 Å². The number of carbonyl (C=O) groups excluding carboxylic acids is 2. The molecule has 0 radical (unpaired) electrons. The van der Waals surface area contributed by atoms with Crippen molar-refractivity contribution >= 4 is 11.8 Å². The van der Waals surface area contributed by atoms with Crippen molar-refractivity contribution in [3.05, 3.63) is 95.1 Å². The number of hydrogen-bond donors (Lipinski definition) is 3. The van der Waals surface area contributed by atoms with Gasteiger partial charge in [0.25, 0.3) is 0 Å². The third kappa shape index (κ3) is 10.9. The first-order valence-electron chi connectivity index (χ1n) is 19.1. The Bertz CT molecular complexity index is 1540. The lowest BCUT2D eigenvalue weighted by atomic mass is 9.98. The topological polar surface area (TPSA) is 103 Å². The summed E-state index contributed by atoms with van der Waals surface area (Å²) in [6.45, 7) is 8.34. The minimum atomic E-state index is -0.480. The molecule has 0 aromatic heterocycles. The Labute approximate surface area is 303 Å². The first-order valence-corrected chi connectivity index (χ1v) is 19.1. The number of nitrogens with one attached hydrogen (secondary N) is 2. The molecule has 0 spiro atoms. The van der Waals surface area contributed by atoms with E-state index in [0.29, 0.717) is 25.6 Å². The zero-order chi connectivity index (χ0) is 35.4. The first kappa shape index (κ1) is 37.2. The van der Waals surface area contributed by atoms with Gasteiger partial charge >= 0.3 is 0 Å². The Morgan fingerprint density at radius 1 is 0.804 bits per heavy atom. The summed E-state index contributed by atoms with van der Waals surface area (Å²) in [6, 6.07) is 25.5. The number of aliphatic hydroxyl groups is 1. The molecule has 0 aliphatic carbocycles. The Hall–Kier alpha value is -3.60. The van der Waals surface area contributed by atoms with Gasteiger partial charge in [-0.25, -0.2) is 0 Å². The lowest BCUT2D eigenvalue weighted by Gasteiger charge is -2.39. The Kier molecular flexibility index (Phi) is 13.7. The van der Waals surface area contributed by atoms with E-state index >= 15 is 0 Å². The van der Waals surface area contributed by atoms with Gasteiger partial charge in [-0.05, 0) is 92.0 Å². The summed E-state index contributed by atoms with van der Waals surface area (Å²) in [4.78, 5) is 28.7. The molecule has 4 unspecified atom stereocenters. The second-order valence-corrected chi connectivity index (χ2v) is 14.5. The highest BCUT2D eigenvalue weighted by molar-refractivity contribution is 5.76. The van der Waals surface area contributed by atoms with Crippen LogP contribution in [0.2, 0.25) is 0 Å². The molecule has 6 rings (SSSR count). The third-order valence-corrected chi connectivity index (χ3v) is 10.6. The summed E-state index contributed by atoms with van der Waals surface area (Å²) >= 11 is 0. The average molecular weight is 697 g/mol. The number of rotatable bonds is 16. The van der Waals surface area contributed by atoms with E-state index in [2.05, 4.69) is 69.0 Å². The molecular formula is C42H56N4O5. The SMILES string of the molecule is CC(=O)NCCCCCC(=O)NCc1cccc(-c2ccc(C3OC(CN4CCCC4CN4CCCC4)CC(c4ccc(CO)cc4)O3)cc2)c1. The van der Waals surface area contributed by atoms with Crippen LogP contribution >= 0.6 is 0 Å². The van der Waals surface area contributed by atoms with E-state index in [1.54, 1.807) is 0 Å². The average Bonchev–Trinajstić information content (AvgIpc) is 3.84. The molecule has 4 atom stereocenters. The van der Waals surface area contributed by atoms with Crippen LogP contribution in [0.5, 0.6) is 0 Å². The van der Waals surface area contributed by atoms with Crippen LogP contribution in [0.3, 0.4) is 0 Å². The van der Waals surface area contributed by atoms with Crippen molar-refractivity contribution in [1.82, 2.24) is 20.4 Å². The quantitative estimate of drug-likeness (QED) is 0.152. The molecule has 3 aliphatic heterocycles. The molecule has 3 aromatic carbocycles. The van der Waals surface area contributed by atoms with Crippen molar-refractivity contribution in [1.29, 1.82) is 0 Å². The molecule has 9 heteroatoms. The van der Waals surface area contributed by atoms with Crippen molar-refractivity contribution in [3.8, 4) is 11.1 Å². The van der Waals surface area contributed by atoms with Gasteiger partial charge in [-0.3, -0.25) is 14.5 Å². The highest BCUT2D eigenvalue weighted by Crippen LogP contribution is 2.39. The van der Waals surface area contributed by atoms with Crippen molar-refractivity contribution in [2.75, 3.05) is 39.3 Å². The monoisotopic (exact) mass is 696 g/mol. The number of amides is 2. The van der Waals surface area contributed by atoms with E-state index in [9.17, 15) is 14.7 Å². The van der Waals surface area contributed by atoms with Crippen LogP contribution in [0.15, 0.2) is 72.8 Å². The van der Waals surface area contributed by atoms with E-state index in [1.807, 2.05) is 24.3 Å². The van der Waals surface area contributed by atoms with E-state index in [-0.39, 0.29) is 30.6 Å². The summed E-state index contributed by atoms with van der Waals surface area (Å²) in [5.41, 5.74) is 6.25. The number of benzene rings is 3. The minimum absolute atomic E-state index is 0.0170. The van der Waals surface area contributed by atoms with Crippen LogP contribution in [-0.4, -0.2) is 78.1 Å². The van der Waals surface area contributed by atoms with E-state index in [4.69, 9.17) is 9.47 Å². The van der Waals surface area contributed by atoms with Gasteiger partial charge in [0.2, 0.25) is 11.8 Å². The molecule has 0 bridgehead atoms. The van der Waals surface area contributed by atoms with Gasteiger partial charge in [0.05, 0.1) is 18.8 Å². The minimum Gasteiger partial charge on any atom is -0.392 e. The second kappa shape index (κ2) is 18.8. The largest absolute Gasteiger partial charge is 0.392 e. The van der Waals surface area contributed by atoms with Crippen LogP contribution < -0.4 is 10.6 Å². The first-order chi connectivity index (χ1) is 24.9. The number of nitrogens with zero attached hydrogens (tertiary/aromatic N) is 2. The zero-order valence-corrected chi connectivity index (χ0v) is 30.2. The number of unbranched alkanes of at least 4 members (excludes halogenated alkanes) is 2. The number of likely N-dealkylation sites (tertiary alicyclic amines) is 2. The maximum absolute atomic E-state index is 12.4. The predicted octanol–water partition coefficient (Wildman–Crippen LogP) is 6.26. The van der Waals surface area contributed by atoms with Crippen LogP contribution in [0.1, 0.15) is 99.4 Å². The maximum Gasteiger partial charge on any atom is 0.220 e. The molecule has 0 saturated carbocycles.